The summed E-state index contributed by atoms with van der Waals surface area (Å²) in [5, 5.41) is 11.3. The quantitative estimate of drug-likeness (QED) is 0.540. The maximum atomic E-state index is 13.6. The van der Waals surface area contributed by atoms with Gasteiger partial charge in [0, 0.05) is 17.8 Å². The molecule has 0 saturated carbocycles. The molecule has 0 aliphatic carbocycles. The summed E-state index contributed by atoms with van der Waals surface area (Å²) in [6.07, 6.45) is -1.76. The van der Waals surface area contributed by atoms with Crippen LogP contribution in [0.25, 0.3) is 16.5 Å². The molecular weight excluding hydrogens is 411 g/mol. The van der Waals surface area contributed by atoms with E-state index in [4.69, 9.17) is 0 Å². The topological polar surface area (TPSA) is 81.8 Å². The van der Waals surface area contributed by atoms with Crippen molar-refractivity contribution >= 4 is 22.4 Å². The minimum Gasteiger partial charge on any atom is -0.324 e. The Hall–Kier alpha value is -3.95. The Kier molecular flexibility index (Phi) is 5.05. The Morgan fingerprint density at radius 1 is 1.10 bits per heavy atom. The van der Waals surface area contributed by atoms with Gasteiger partial charge in [-0.05, 0) is 37.3 Å². The average Bonchev–Trinajstić information content (AvgIpc) is 3.26. The molecule has 10 heteroatoms. The first kappa shape index (κ1) is 20.3. The summed E-state index contributed by atoms with van der Waals surface area (Å²) in [4.78, 5) is 25.1. The molecule has 0 radical (unpaired) electrons. The number of aromatic nitrogens is 4. The van der Waals surface area contributed by atoms with Crippen molar-refractivity contribution in [2.75, 3.05) is 5.32 Å². The number of benzene rings is 2. The van der Waals surface area contributed by atoms with Crippen LogP contribution in [0.5, 0.6) is 0 Å². The summed E-state index contributed by atoms with van der Waals surface area (Å²) in [6.45, 7) is 1.16. The van der Waals surface area contributed by atoms with E-state index >= 15 is 0 Å². The highest BCUT2D eigenvalue weighted by Gasteiger charge is 2.34. The molecule has 1 amide bonds. The van der Waals surface area contributed by atoms with Crippen LogP contribution in [-0.2, 0) is 17.5 Å². The SMILES string of the molecule is Cc1nn(CC(=O)Nc2ccc(-n3cccn3)cc2C(F)(F)F)c(=O)c2ccccc12. The van der Waals surface area contributed by atoms with Gasteiger partial charge >= 0.3 is 6.18 Å². The maximum Gasteiger partial charge on any atom is 0.418 e. The second-order valence-electron chi connectivity index (χ2n) is 6.82. The van der Waals surface area contributed by atoms with Crippen LogP contribution in [0.15, 0.2) is 65.7 Å². The standard InChI is InChI=1S/C21H16F3N5O2/c1-13-15-5-2-3-6-16(15)20(31)29(27-13)12-19(30)26-18-8-7-14(28-10-4-9-25-28)11-17(18)21(22,23)24/h2-11H,12H2,1H3,(H,26,30). The smallest absolute Gasteiger partial charge is 0.324 e. The molecular formula is C21H16F3N5O2. The van der Waals surface area contributed by atoms with Crippen molar-refractivity contribution in [2.24, 2.45) is 0 Å². The fourth-order valence-corrected chi connectivity index (χ4v) is 3.28. The monoisotopic (exact) mass is 427 g/mol. The molecule has 7 nitrogen and oxygen atoms in total. The average molecular weight is 427 g/mol. The minimum atomic E-state index is -4.71. The Bertz CT molecular complexity index is 1330. The molecule has 31 heavy (non-hydrogen) atoms. The molecule has 4 rings (SSSR count). The van der Waals surface area contributed by atoms with Crippen LogP contribution >= 0.6 is 0 Å². The highest BCUT2D eigenvalue weighted by molar-refractivity contribution is 5.92. The second-order valence-corrected chi connectivity index (χ2v) is 6.82. The lowest BCUT2D eigenvalue weighted by atomic mass is 10.1. The number of anilines is 1. The number of aryl methyl sites for hydroxylation is 1. The zero-order valence-electron chi connectivity index (χ0n) is 16.2. The number of rotatable bonds is 4. The summed E-state index contributed by atoms with van der Waals surface area (Å²) in [5.74, 6) is -0.804. The van der Waals surface area contributed by atoms with E-state index in [9.17, 15) is 22.8 Å². The Balaban J connectivity index is 1.64. The molecule has 4 aromatic rings. The first-order valence-electron chi connectivity index (χ1n) is 9.21. The lowest BCUT2D eigenvalue weighted by Crippen LogP contribution is -2.30. The van der Waals surface area contributed by atoms with Crippen molar-refractivity contribution in [3.05, 3.63) is 82.5 Å². The van der Waals surface area contributed by atoms with Gasteiger partial charge in [-0.25, -0.2) is 9.36 Å². The highest BCUT2D eigenvalue weighted by atomic mass is 19.4. The third kappa shape index (κ3) is 4.04. The van der Waals surface area contributed by atoms with Gasteiger partial charge in [0.15, 0.2) is 0 Å². The Labute approximate surface area is 173 Å². The molecule has 0 saturated heterocycles. The van der Waals surface area contributed by atoms with E-state index in [1.807, 2.05) is 0 Å². The summed E-state index contributed by atoms with van der Waals surface area (Å²) >= 11 is 0. The van der Waals surface area contributed by atoms with Crippen molar-refractivity contribution in [2.45, 2.75) is 19.6 Å². The lowest BCUT2D eigenvalue weighted by Gasteiger charge is -2.16. The van der Waals surface area contributed by atoms with Gasteiger partial charge in [-0.2, -0.15) is 23.4 Å². The van der Waals surface area contributed by atoms with Gasteiger partial charge in [-0.1, -0.05) is 18.2 Å². The van der Waals surface area contributed by atoms with Crippen LogP contribution in [0.4, 0.5) is 18.9 Å². The summed E-state index contributed by atoms with van der Waals surface area (Å²) in [5.41, 5.74) is -1.22. The first-order chi connectivity index (χ1) is 14.7. The van der Waals surface area contributed by atoms with Crippen LogP contribution in [0.3, 0.4) is 0 Å². The third-order valence-electron chi connectivity index (χ3n) is 4.70. The second kappa shape index (κ2) is 7.71. The van der Waals surface area contributed by atoms with E-state index < -0.39 is 35.4 Å². The Morgan fingerprint density at radius 3 is 2.52 bits per heavy atom. The lowest BCUT2D eigenvalue weighted by molar-refractivity contribution is -0.137. The van der Waals surface area contributed by atoms with E-state index in [1.54, 1.807) is 37.3 Å². The molecule has 0 spiro atoms. The number of nitrogens with one attached hydrogen (secondary N) is 1. The van der Waals surface area contributed by atoms with Crippen LogP contribution in [0.2, 0.25) is 0 Å². The van der Waals surface area contributed by atoms with Crippen molar-refractivity contribution in [3.63, 3.8) is 0 Å². The van der Waals surface area contributed by atoms with Gasteiger partial charge in [0.1, 0.15) is 6.54 Å². The fraction of sp³-hybridized carbons (Fsp3) is 0.143. The molecule has 158 valence electrons. The van der Waals surface area contributed by atoms with E-state index in [-0.39, 0.29) is 5.69 Å². The highest BCUT2D eigenvalue weighted by Crippen LogP contribution is 2.36. The van der Waals surface area contributed by atoms with E-state index in [2.05, 4.69) is 15.5 Å². The van der Waals surface area contributed by atoms with Crippen molar-refractivity contribution < 1.29 is 18.0 Å². The van der Waals surface area contributed by atoms with Gasteiger partial charge in [-0.3, -0.25) is 9.59 Å². The molecule has 1 N–H and O–H groups in total. The number of carbonyl (C=O) groups is 1. The third-order valence-corrected chi connectivity index (χ3v) is 4.70. The van der Waals surface area contributed by atoms with Crippen LogP contribution in [-0.4, -0.2) is 25.5 Å². The first-order valence-corrected chi connectivity index (χ1v) is 9.21. The van der Waals surface area contributed by atoms with Gasteiger partial charge < -0.3 is 5.32 Å². The van der Waals surface area contributed by atoms with E-state index in [0.29, 0.717) is 16.5 Å². The molecule has 0 aliphatic heterocycles. The number of amides is 1. The zero-order chi connectivity index (χ0) is 22.2. The number of hydrogen-bond donors (Lipinski definition) is 1. The predicted molar refractivity (Wildman–Crippen MR) is 108 cm³/mol. The number of carbonyl (C=O) groups excluding carboxylic acids is 1. The number of fused-ring (bicyclic) bond motifs is 1. The van der Waals surface area contributed by atoms with E-state index in [0.717, 1.165) is 16.8 Å². The number of halogens is 3. The Morgan fingerprint density at radius 2 is 1.84 bits per heavy atom. The molecule has 0 unspecified atom stereocenters. The zero-order valence-corrected chi connectivity index (χ0v) is 16.2. The van der Waals surface area contributed by atoms with Crippen molar-refractivity contribution in [1.82, 2.24) is 19.6 Å². The van der Waals surface area contributed by atoms with Gasteiger partial charge in [-0.15, -0.1) is 0 Å². The van der Waals surface area contributed by atoms with Gasteiger partial charge in [0.05, 0.1) is 28.0 Å². The molecule has 2 heterocycles. The molecule has 0 atom stereocenters. The molecule has 2 aromatic heterocycles. The number of hydrogen-bond acceptors (Lipinski definition) is 4. The largest absolute Gasteiger partial charge is 0.418 e. The van der Waals surface area contributed by atoms with Crippen LogP contribution < -0.4 is 10.9 Å². The van der Waals surface area contributed by atoms with Gasteiger partial charge in [0.25, 0.3) is 5.56 Å². The fourth-order valence-electron chi connectivity index (χ4n) is 3.28. The summed E-state index contributed by atoms with van der Waals surface area (Å²) in [6, 6.07) is 11.8. The van der Waals surface area contributed by atoms with Crippen LogP contribution in [0.1, 0.15) is 11.3 Å². The molecule has 2 aromatic carbocycles. The van der Waals surface area contributed by atoms with Crippen molar-refractivity contribution in [3.8, 4) is 5.69 Å². The molecule has 0 fully saturated rings. The summed E-state index contributed by atoms with van der Waals surface area (Å²) in [7, 11) is 0. The van der Waals surface area contributed by atoms with Gasteiger partial charge in [0.2, 0.25) is 5.91 Å². The van der Waals surface area contributed by atoms with Crippen LogP contribution in [0, 0.1) is 6.92 Å². The predicted octanol–water partition coefficient (Wildman–Crippen LogP) is 3.55. The number of alkyl halides is 3. The molecule has 0 bridgehead atoms. The molecule has 0 aliphatic rings. The summed E-state index contributed by atoms with van der Waals surface area (Å²) < 4.78 is 43.0. The van der Waals surface area contributed by atoms with E-state index in [1.165, 1.54) is 23.1 Å². The normalized spacial score (nSPS) is 11.6. The van der Waals surface area contributed by atoms with Crippen molar-refractivity contribution in [1.29, 1.82) is 0 Å². The number of nitrogens with zero attached hydrogens (tertiary/aromatic N) is 4. The minimum absolute atomic E-state index is 0.193. The maximum absolute atomic E-state index is 13.6.